The first-order chi connectivity index (χ1) is 24.8. The fourth-order valence-electron chi connectivity index (χ4n) is 6.45. The van der Waals surface area contributed by atoms with Gasteiger partial charge in [-0.25, -0.2) is 19.9 Å². The highest BCUT2D eigenvalue weighted by atomic mass is 14.9. The predicted molar refractivity (Wildman–Crippen MR) is 196 cm³/mol. The molecular formula is C41H27N9. The second-order valence-electron chi connectivity index (χ2n) is 11.7. The van der Waals surface area contributed by atoms with E-state index in [9.17, 15) is 0 Å². The maximum atomic E-state index is 5.22. The van der Waals surface area contributed by atoms with Crippen LogP contribution in [0.15, 0.2) is 147 Å². The quantitative estimate of drug-likeness (QED) is 0.180. The van der Waals surface area contributed by atoms with Gasteiger partial charge in [0.05, 0.1) is 22.8 Å². The number of benzene rings is 2. The first-order valence-corrected chi connectivity index (χ1v) is 16.2. The van der Waals surface area contributed by atoms with Gasteiger partial charge >= 0.3 is 0 Å². The summed E-state index contributed by atoms with van der Waals surface area (Å²) in [5.74, 6) is 1.23. The van der Waals surface area contributed by atoms with Crippen molar-refractivity contribution in [2.75, 3.05) is 6.54 Å². The number of nitrogens with one attached hydrogen (secondary N) is 1. The number of allylic oxidation sites excluding steroid dienone is 2. The van der Waals surface area contributed by atoms with Gasteiger partial charge in [-0.2, -0.15) is 0 Å². The van der Waals surface area contributed by atoms with Gasteiger partial charge in [-0.3, -0.25) is 19.9 Å². The van der Waals surface area contributed by atoms with Crippen molar-refractivity contribution >= 4 is 27.1 Å². The zero-order valence-electron chi connectivity index (χ0n) is 26.6. The van der Waals surface area contributed by atoms with E-state index < -0.39 is 0 Å². The molecule has 7 heterocycles. The summed E-state index contributed by atoms with van der Waals surface area (Å²) in [7, 11) is 0. The van der Waals surface area contributed by atoms with Gasteiger partial charge in [-0.05, 0) is 88.6 Å². The zero-order chi connectivity index (χ0) is 33.3. The topological polar surface area (TPSA) is 115 Å². The Labute approximate surface area is 287 Å². The van der Waals surface area contributed by atoms with Crippen LogP contribution in [0.3, 0.4) is 0 Å². The fraction of sp³-hybridized carbons (Fsp3) is 0.0244. The lowest BCUT2D eigenvalue weighted by atomic mass is 9.89. The second-order valence-corrected chi connectivity index (χ2v) is 11.7. The van der Waals surface area contributed by atoms with Crippen LogP contribution in [0.5, 0.6) is 0 Å². The van der Waals surface area contributed by atoms with Gasteiger partial charge in [0.15, 0.2) is 11.6 Å². The highest BCUT2D eigenvalue weighted by Crippen LogP contribution is 2.44. The standard InChI is InChI=1S/C41H27N9/c1-2-4-31-30(3-1)38(36-23-34(26-5-14-42-15-6-26)47-40(49-36)28-9-18-44-19-10-28)32-13-22-46-25-33(32)39(31)37-24-35(27-7-16-43-17-8-27)48-41(50-37)29-11-20-45-21-12-29/h1-14,16-25,42H,15H2. The third kappa shape index (κ3) is 5.32. The first kappa shape index (κ1) is 29.2. The Morgan fingerprint density at radius 3 is 1.56 bits per heavy atom. The summed E-state index contributed by atoms with van der Waals surface area (Å²) in [5.41, 5.74) is 8.93. The van der Waals surface area contributed by atoms with Crippen molar-refractivity contribution in [3.63, 3.8) is 0 Å². The lowest BCUT2D eigenvalue weighted by molar-refractivity contribution is 0.973. The van der Waals surface area contributed by atoms with Crippen LogP contribution in [-0.2, 0) is 0 Å². The third-order valence-electron chi connectivity index (χ3n) is 8.76. The van der Waals surface area contributed by atoms with E-state index >= 15 is 0 Å². The van der Waals surface area contributed by atoms with E-state index in [2.05, 4.69) is 67.7 Å². The largest absolute Gasteiger partial charge is 0.387 e. The maximum absolute atomic E-state index is 5.22. The molecule has 0 atom stereocenters. The van der Waals surface area contributed by atoms with Gasteiger partial charge in [0.1, 0.15) is 0 Å². The van der Waals surface area contributed by atoms with E-state index in [0.717, 1.165) is 84.3 Å². The van der Waals surface area contributed by atoms with Crippen molar-refractivity contribution in [1.29, 1.82) is 0 Å². The Morgan fingerprint density at radius 2 is 0.960 bits per heavy atom. The SMILES string of the molecule is C1=CC(c2cc(-c3c4ccccc4c(-c4cc(-c5ccncc5)nc(-c5ccncc5)n4)c4cnccc34)nc(-c3ccncc3)n2)=CCN1. The number of nitrogens with zero attached hydrogens (tertiary/aromatic N) is 8. The molecule has 9 heteroatoms. The number of hydrogen-bond donors (Lipinski definition) is 1. The molecule has 9 rings (SSSR count). The van der Waals surface area contributed by atoms with Crippen LogP contribution >= 0.6 is 0 Å². The van der Waals surface area contributed by atoms with Gasteiger partial charge < -0.3 is 5.32 Å². The van der Waals surface area contributed by atoms with Crippen LogP contribution in [0.4, 0.5) is 0 Å². The van der Waals surface area contributed by atoms with Crippen molar-refractivity contribution in [3.05, 3.63) is 152 Å². The minimum absolute atomic E-state index is 0.604. The molecule has 0 unspecified atom stereocenters. The Morgan fingerprint density at radius 1 is 0.460 bits per heavy atom. The number of aromatic nitrogens is 8. The number of dihydropyridines is 1. The predicted octanol–water partition coefficient (Wildman–Crippen LogP) is 7.99. The average Bonchev–Trinajstić information content (AvgIpc) is 3.21. The van der Waals surface area contributed by atoms with Crippen molar-refractivity contribution in [3.8, 4) is 56.5 Å². The van der Waals surface area contributed by atoms with Gasteiger partial charge in [-0.15, -0.1) is 0 Å². The van der Waals surface area contributed by atoms with Gasteiger partial charge in [0, 0.05) is 89.3 Å². The van der Waals surface area contributed by atoms with Crippen LogP contribution in [0.25, 0.3) is 83.7 Å². The molecule has 1 aliphatic rings. The van der Waals surface area contributed by atoms with E-state index in [1.165, 1.54) is 0 Å². The van der Waals surface area contributed by atoms with E-state index in [4.69, 9.17) is 19.9 Å². The highest BCUT2D eigenvalue weighted by molar-refractivity contribution is 6.20. The molecule has 1 aliphatic heterocycles. The third-order valence-corrected chi connectivity index (χ3v) is 8.76. The van der Waals surface area contributed by atoms with Crippen LogP contribution < -0.4 is 5.32 Å². The molecule has 50 heavy (non-hydrogen) atoms. The number of hydrogen-bond acceptors (Lipinski definition) is 9. The van der Waals surface area contributed by atoms with Crippen LogP contribution in [-0.4, -0.2) is 46.4 Å². The molecule has 0 fully saturated rings. The van der Waals surface area contributed by atoms with E-state index in [0.29, 0.717) is 11.6 Å². The number of pyridine rings is 4. The molecule has 1 N–H and O–H groups in total. The lowest BCUT2D eigenvalue weighted by Gasteiger charge is -2.18. The Kier molecular flexibility index (Phi) is 7.32. The van der Waals surface area contributed by atoms with E-state index in [1.54, 1.807) is 37.2 Å². The lowest BCUT2D eigenvalue weighted by Crippen LogP contribution is -2.09. The summed E-state index contributed by atoms with van der Waals surface area (Å²) >= 11 is 0. The first-order valence-electron chi connectivity index (χ1n) is 16.2. The number of rotatable bonds is 6. The zero-order valence-corrected chi connectivity index (χ0v) is 26.6. The molecule has 0 bridgehead atoms. The van der Waals surface area contributed by atoms with Crippen molar-refractivity contribution < 1.29 is 0 Å². The normalized spacial score (nSPS) is 12.5. The van der Waals surface area contributed by atoms with Crippen LogP contribution in [0.2, 0.25) is 0 Å². The van der Waals surface area contributed by atoms with Crippen molar-refractivity contribution in [2.24, 2.45) is 0 Å². The smallest absolute Gasteiger partial charge is 0.160 e. The molecule has 9 nitrogen and oxygen atoms in total. The number of fused-ring (bicyclic) bond motifs is 2. The summed E-state index contributed by atoms with van der Waals surface area (Å²) in [6, 6.07) is 26.3. The summed E-state index contributed by atoms with van der Waals surface area (Å²) in [6.07, 6.45) is 20.5. The van der Waals surface area contributed by atoms with Crippen molar-refractivity contribution in [1.82, 2.24) is 45.2 Å². The molecule has 0 aliphatic carbocycles. The Balaban J connectivity index is 1.34. The minimum Gasteiger partial charge on any atom is -0.387 e. The molecule has 236 valence electrons. The molecule has 8 aromatic rings. The van der Waals surface area contributed by atoms with Gasteiger partial charge in [0.25, 0.3) is 0 Å². The Hall–Kier alpha value is -7.00. The maximum Gasteiger partial charge on any atom is 0.160 e. The summed E-state index contributed by atoms with van der Waals surface area (Å²) in [6.45, 7) is 0.726. The molecule has 0 spiro atoms. The molecule has 0 amide bonds. The average molecular weight is 646 g/mol. The second kappa shape index (κ2) is 12.6. The van der Waals surface area contributed by atoms with Crippen molar-refractivity contribution in [2.45, 2.75) is 0 Å². The monoisotopic (exact) mass is 645 g/mol. The fourth-order valence-corrected chi connectivity index (χ4v) is 6.45. The van der Waals surface area contributed by atoms with Crippen LogP contribution in [0, 0.1) is 0 Å². The molecule has 0 saturated heterocycles. The molecule has 2 aromatic carbocycles. The van der Waals surface area contributed by atoms with Gasteiger partial charge in [-0.1, -0.05) is 30.3 Å². The Bertz CT molecular complexity index is 2470. The minimum atomic E-state index is 0.604. The summed E-state index contributed by atoms with van der Waals surface area (Å²) in [5, 5.41) is 7.26. The molecular weight excluding hydrogens is 619 g/mol. The molecule has 0 saturated carbocycles. The van der Waals surface area contributed by atoms with E-state index in [-0.39, 0.29) is 0 Å². The highest BCUT2D eigenvalue weighted by Gasteiger charge is 2.22. The van der Waals surface area contributed by atoms with E-state index in [1.807, 2.05) is 67.1 Å². The van der Waals surface area contributed by atoms with Crippen LogP contribution in [0.1, 0.15) is 5.69 Å². The molecule has 0 radical (unpaired) electrons. The summed E-state index contributed by atoms with van der Waals surface area (Å²) in [4.78, 5) is 37.7. The van der Waals surface area contributed by atoms with Gasteiger partial charge in [0.2, 0.25) is 0 Å². The summed E-state index contributed by atoms with van der Waals surface area (Å²) < 4.78 is 0. The molecule has 6 aromatic heterocycles.